The summed E-state index contributed by atoms with van der Waals surface area (Å²) in [6, 6.07) is 0. The maximum absolute atomic E-state index is 6.17. The maximum atomic E-state index is 6.17. The predicted octanol–water partition coefficient (Wildman–Crippen LogP) is 1.48. The fourth-order valence-corrected chi connectivity index (χ4v) is 0. The van der Waals surface area contributed by atoms with Crippen molar-refractivity contribution in [1.82, 2.24) is 0 Å². The van der Waals surface area contributed by atoms with Crippen molar-refractivity contribution in [3.63, 3.8) is 0 Å². The molecular weight excluding hydrogens is 242 g/mol. The van der Waals surface area contributed by atoms with Gasteiger partial charge >= 0.3 is 0 Å². The maximum Gasteiger partial charge on any atom is 0 e. The van der Waals surface area contributed by atoms with E-state index in [9.17, 15) is 0 Å². The molecule has 0 saturated heterocycles. The smallest absolute Gasteiger partial charge is 0 e. The van der Waals surface area contributed by atoms with Crippen LogP contribution in [0, 0.1) is 12.8 Å². The van der Waals surface area contributed by atoms with Gasteiger partial charge in [0.1, 0.15) is 0 Å². The first-order valence-electron chi connectivity index (χ1n) is 1.00. The molecule has 0 aliphatic heterocycles. The van der Waals surface area contributed by atoms with Gasteiger partial charge in [0.25, 0.3) is 0 Å². The Bertz CT molecular complexity index is 33.9. The van der Waals surface area contributed by atoms with Gasteiger partial charge in [0.15, 0.2) is 0 Å². The van der Waals surface area contributed by atoms with Crippen LogP contribution in [0.2, 0.25) is 0 Å². The Kier molecular flexibility index (Phi) is 52.3. The van der Waals surface area contributed by atoms with Gasteiger partial charge in [-0.25, -0.2) is 0 Å². The van der Waals surface area contributed by atoms with Crippen LogP contribution in [-0.2, 0) is 65.4 Å². The molecule has 0 aromatic rings. The molecule has 2 N–H and O–H groups in total. The minimum atomic E-state index is -0.0833. The van der Waals surface area contributed by atoms with Crippen LogP contribution < -0.4 is 0 Å². The van der Waals surface area contributed by atoms with Gasteiger partial charge < -0.3 is 18.6 Å². The summed E-state index contributed by atoms with van der Waals surface area (Å²) in [6.45, 7) is 1.42. The molecule has 0 aliphatic rings. The molecule has 0 bridgehead atoms. The SMILES string of the molecule is CC(=N)[NH-].[CH3-].[Y].[Y]. The quantitative estimate of drug-likeness (QED) is 0.384. The summed E-state index contributed by atoms with van der Waals surface area (Å²) in [7, 11) is 0. The molecule has 7 heavy (non-hydrogen) atoms. The van der Waals surface area contributed by atoms with Crippen molar-refractivity contribution >= 4 is 5.84 Å². The van der Waals surface area contributed by atoms with E-state index in [4.69, 9.17) is 11.1 Å². The number of rotatable bonds is 0. The van der Waals surface area contributed by atoms with Gasteiger partial charge in [-0.1, -0.05) is 5.84 Å². The second kappa shape index (κ2) is 15.6. The average molecular weight is 250 g/mol. The number of amidine groups is 1. The molecule has 0 spiro atoms. The van der Waals surface area contributed by atoms with E-state index in [-0.39, 0.29) is 78.7 Å². The van der Waals surface area contributed by atoms with Crippen LogP contribution >= 0.6 is 0 Å². The van der Waals surface area contributed by atoms with Gasteiger partial charge in [0, 0.05) is 65.4 Å². The Morgan fingerprint density at radius 1 is 1.43 bits per heavy atom. The number of hydrogen-bond donors (Lipinski definition) is 1. The monoisotopic (exact) mass is 250 g/mol. The molecule has 2 radical (unpaired) electrons. The van der Waals surface area contributed by atoms with Gasteiger partial charge in [-0.2, -0.15) is 0 Å². The van der Waals surface area contributed by atoms with E-state index >= 15 is 0 Å². The van der Waals surface area contributed by atoms with Crippen LogP contribution in [0.25, 0.3) is 5.73 Å². The van der Waals surface area contributed by atoms with Gasteiger partial charge in [0.2, 0.25) is 0 Å². The van der Waals surface area contributed by atoms with Gasteiger partial charge in [-0.15, -0.1) is 0 Å². The van der Waals surface area contributed by atoms with Crippen molar-refractivity contribution in [1.29, 1.82) is 5.41 Å². The summed E-state index contributed by atoms with van der Waals surface area (Å²) in [4.78, 5) is 0. The first-order valence-corrected chi connectivity index (χ1v) is 1.00. The molecule has 4 heteroatoms. The number of hydrogen-bond acceptors (Lipinski definition) is 1. The molecule has 0 unspecified atom stereocenters. The third-order valence-corrected chi connectivity index (χ3v) is 0. The summed E-state index contributed by atoms with van der Waals surface area (Å²) < 4.78 is 0. The van der Waals surface area contributed by atoms with E-state index < -0.39 is 0 Å². The Hall–Kier alpha value is 1.68. The van der Waals surface area contributed by atoms with Crippen LogP contribution in [0.15, 0.2) is 0 Å². The number of nitrogens with one attached hydrogen (secondary N) is 2. The Labute approximate surface area is 95.3 Å². The van der Waals surface area contributed by atoms with Crippen LogP contribution in [0.3, 0.4) is 0 Å². The molecule has 0 fully saturated rings. The zero-order valence-electron chi connectivity index (χ0n) is 4.65. The van der Waals surface area contributed by atoms with E-state index in [1.54, 1.807) is 0 Å². The van der Waals surface area contributed by atoms with E-state index in [1.807, 2.05) is 0 Å². The van der Waals surface area contributed by atoms with Gasteiger partial charge in [0.05, 0.1) is 0 Å². The molecule has 0 amide bonds. The molecular formula is C3H8N2Y2-2. The van der Waals surface area contributed by atoms with Gasteiger partial charge in [-0.3, -0.25) is 0 Å². The van der Waals surface area contributed by atoms with Crippen LogP contribution in [0.5, 0.6) is 0 Å². The fourth-order valence-electron chi connectivity index (χ4n) is 0. The summed E-state index contributed by atoms with van der Waals surface area (Å²) in [5.41, 5.74) is 6.17. The second-order valence-electron chi connectivity index (χ2n) is 0.625. The summed E-state index contributed by atoms with van der Waals surface area (Å²) >= 11 is 0. The van der Waals surface area contributed by atoms with Crippen molar-refractivity contribution < 1.29 is 65.4 Å². The zero-order valence-corrected chi connectivity index (χ0v) is 10.3. The minimum Gasteiger partial charge on any atom is -0.486 e. The standard InChI is InChI=1S/C2H5N2.CH3.2Y/c1-2(3)4;;;/h1H3,(H2-,3,4);1H3;;/q2*-1;;. The van der Waals surface area contributed by atoms with Crippen molar-refractivity contribution in [2.45, 2.75) is 6.92 Å². The summed E-state index contributed by atoms with van der Waals surface area (Å²) in [5, 5.41) is 6.17. The molecule has 2 nitrogen and oxygen atoms in total. The van der Waals surface area contributed by atoms with Crippen molar-refractivity contribution in [2.75, 3.05) is 0 Å². The van der Waals surface area contributed by atoms with E-state index in [0.29, 0.717) is 0 Å². The normalized spacial score (nSPS) is 3.57. The van der Waals surface area contributed by atoms with Crippen molar-refractivity contribution in [3.8, 4) is 0 Å². The van der Waals surface area contributed by atoms with Gasteiger partial charge in [-0.05, 0) is 6.92 Å². The average Bonchev–Trinajstić information content (AvgIpc) is 0.811. The third kappa shape index (κ3) is 87.9. The Morgan fingerprint density at radius 3 is 1.43 bits per heavy atom. The minimum absolute atomic E-state index is 0. The third-order valence-electron chi connectivity index (χ3n) is 0. The van der Waals surface area contributed by atoms with Crippen LogP contribution in [0.4, 0.5) is 0 Å². The first-order chi connectivity index (χ1) is 1.73. The van der Waals surface area contributed by atoms with Crippen molar-refractivity contribution in [2.24, 2.45) is 0 Å². The summed E-state index contributed by atoms with van der Waals surface area (Å²) in [6.07, 6.45) is 0. The molecule has 0 heterocycles. The predicted molar refractivity (Wildman–Crippen MR) is 24.1 cm³/mol. The van der Waals surface area contributed by atoms with Crippen LogP contribution in [0.1, 0.15) is 6.92 Å². The molecule has 38 valence electrons. The molecule has 0 aliphatic carbocycles. The van der Waals surface area contributed by atoms with E-state index in [2.05, 4.69) is 0 Å². The van der Waals surface area contributed by atoms with Crippen molar-refractivity contribution in [3.05, 3.63) is 13.2 Å². The second-order valence-corrected chi connectivity index (χ2v) is 0.625. The van der Waals surface area contributed by atoms with E-state index in [1.165, 1.54) is 6.92 Å². The van der Waals surface area contributed by atoms with E-state index in [0.717, 1.165) is 0 Å². The van der Waals surface area contributed by atoms with Crippen LogP contribution in [-0.4, -0.2) is 5.84 Å². The molecule has 0 saturated carbocycles. The topological polar surface area (TPSA) is 47.7 Å². The Balaban J connectivity index is -0.0000000150. The zero-order chi connectivity index (χ0) is 3.58. The fraction of sp³-hybridized carbons (Fsp3) is 0.333. The molecule has 0 aromatic heterocycles. The molecule has 0 rings (SSSR count). The molecule has 0 atom stereocenters. The molecule has 0 aromatic carbocycles. The summed E-state index contributed by atoms with van der Waals surface area (Å²) in [5.74, 6) is -0.0833. The first kappa shape index (κ1) is 23.4. The Morgan fingerprint density at radius 2 is 1.43 bits per heavy atom. The largest absolute Gasteiger partial charge is 0.486 e.